The van der Waals surface area contributed by atoms with Crippen molar-refractivity contribution in [1.82, 2.24) is 24.5 Å². The number of hydrogen-bond donors (Lipinski definition) is 0. The summed E-state index contributed by atoms with van der Waals surface area (Å²) in [6.07, 6.45) is -7.30. The molecule has 11 nitrogen and oxygen atoms in total. The number of aryl methyl sites for hydroxylation is 1. The standard InChI is InChI=1S/C32H29ClF8N6O5/c1-6-7-19(27(50)52-28(2,3)4)26(49)51-16-46(29(15-42)10-11-29)25(48)20-12-17(8-9-21(20)33)18-13-43-47(14-18)24-22(31(36,37)38)23(44-45(24)5)30(34,35)32(39,40)41/h6-9,12-14,19H,10-11,16H2,1-5H3/b7-6+. The molecule has 0 aliphatic heterocycles. The Kier molecular flexibility index (Phi) is 10.6. The molecule has 2 aromatic heterocycles. The van der Waals surface area contributed by atoms with E-state index in [-0.39, 0.29) is 39.2 Å². The molecule has 1 unspecified atom stereocenters. The van der Waals surface area contributed by atoms with E-state index in [1.807, 2.05) is 6.07 Å². The number of halogens is 9. The summed E-state index contributed by atoms with van der Waals surface area (Å²) in [5, 5.41) is 16.3. The van der Waals surface area contributed by atoms with Gasteiger partial charge in [0, 0.05) is 18.8 Å². The fourth-order valence-electron chi connectivity index (χ4n) is 4.96. The lowest BCUT2D eigenvalue weighted by Crippen LogP contribution is -2.44. The van der Waals surface area contributed by atoms with Gasteiger partial charge in [0.1, 0.15) is 16.7 Å². The topological polar surface area (TPSA) is 132 Å². The molecule has 52 heavy (non-hydrogen) atoms. The highest BCUT2D eigenvalue weighted by Crippen LogP contribution is 2.49. The highest BCUT2D eigenvalue weighted by Gasteiger charge is 2.64. The molecule has 0 N–H and O–H groups in total. The molecule has 0 spiro atoms. The van der Waals surface area contributed by atoms with Crippen molar-refractivity contribution >= 4 is 29.4 Å². The van der Waals surface area contributed by atoms with Crippen molar-refractivity contribution in [2.24, 2.45) is 13.0 Å². The molecule has 280 valence electrons. The molecular weight excluding hydrogens is 736 g/mol. The summed E-state index contributed by atoms with van der Waals surface area (Å²) in [4.78, 5) is 40.5. The van der Waals surface area contributed by atoms with E-state index in [9.17, 15) is 54.8 Å². The van der Waals surface area contributed by atoms with Gasteiger partial charge < -0.3 is 9.47 Å². The Morgan fingerprint density at radius 2 is 1.71 bits per heavy atom. The van der Waals surface area contributed by atoms with Crippen LogP contribution in [0.25, 0.3) is 16.9 Å². The van der Waals surface area contributed by atoms with Crippen LogP contribution in [0, 0.1) is 17.2 Å². The molecule has 3 aromatic rings. The van der Waals surface area contributed by atoms with E-state index >= 15 is 0 Å². The Labute approximate surface area is 295 Å². The van der Waals surface area contributed by atoms with Crippen LogP contribution in [-0.4, -0.2) is 66.4 Å². The first-order chi connectivity index (χ1) is 23.9. The Morgan fingerprint density at radius 1 is 1.08 bits per heavy atom. The van der Waals surface area contributed by atoms with E-state index in [2.05, 4.69) is 10.2 Å². The van der Waals surface area contributed by atoms with Crippen LogP contribution in [0.1, 0.15) is 62.2 Å². The number of alkyl halides is 8. The van der Waals surface area contributed by atoms with Crippen molar-refractivity contribution in [1.29, 1.82) is 5.26 Å². The Bertz CT molecular complexity index is 1950. The average Bonchev–Trinajstić information content (AvgIpc) is 3.49. The van der Waals surface area contributed by atoms with Crippen LogP contribution in [0.3, 0.4) is 0 Å². The predicted molar refractivity (Wildman–Crippen MR) is 165 cm³/mol. The molecule has 1 atom stereocenters. The summed E-state index contributed by atoms with van der Waals surface area (Å²) in [6.45, 7) is 5.51. The number of ether oxygens (including phenoxy) is 2. The second-order valence-corrected chi connectivity index (χ2v) is 13.0. The summed E-state index contributed by atoms with van der Waals surface area (Å²) in [7, 11) is 0.722. The van der Waals surface area contributed by atoms with Gasteiger partial charge in [0.15, 0.2) is 24.2 Å². The van der Waals surface area contributed by atoms with Crippen LogP contribution in [0.4, 0.5) is 35.1 Å². The maximum atomic E-state index is 14.2. The number of rotatable bonds is 10. The predicted octanol–water partition coefficient (Wildman–Crippen LogP) is 7.13. The molecule has 2 heterocycles. The van der Waals surface area contributed by atoms with Gasteiger partial charge in [-0.2, -0.15) is 50.6 Å². The van der Waals surface area contributed by atoms with Gasteiger partial charge in [0.05, 0.1) is 22.9 Å². The summed E-state index contributed by atoms with van der Waals surface area (Å²) in [6, 6.07) is 5.68. The minimum absolute atomic E-state index is 0.0462. The minimum atomic E-state index is -6.40. The Hall–Kier alpha value is -4.99. The van der Waals surface area contributed by atoms with Crippen LogP contribution in [-0.2, 0) is 38.2 Å². The molecule has 1 aliphatic carbocycles. The van der Waals surface area contributed by atoms with Crippen LogP contribution in [0.5, 0.6) is 0 Å². The SMILES string of the molecule is C/C=C/C(C(=O)OCN(C(=O)c1cc(-c2cnn(-c3c(C(F)(F)F)c(C(F)(F)C(F)(F)F)nn3C)c2)ccc1Cl)C1(C#N)CC1)C(=O)OC(C)(C)C. The molecule has 1 saturated carbocycles. The van der Waals surface area contributed by atoms with E-state index in [4.69, 9.17) is 21.1 Å². The molecule has 4 rings (SSSR count). The smallest absolute Gasteiger partial charge is 0.459 e. The average molecular weight is 765 g/mol. The van der Waals surface area contributed by atoms with Gasteiger partial charge >= 0.3 is 30.2 Å². The fourth-order valence-corrected chi connectivity index (χ4v) is 5.16. The molecule has 0 radical (unpaired) electrons. The van der Waals surface area contributed by atoms with Gasteiger partial charge in [-0.15, -0.1) is 0 Å². The summed E-state index contributed by atoms with van der Waals surface area (Å²) < 4.78 is 121. The van der Waals surface area contributed by atoms with Crippen molar-refractivity contribution in [3.05, 3.63) is 64.6 Å². The highest BCUT2D eigenvalue weighted by atomic mass is 35.5. The quantitative estimate of drug-likeness (QED) is 0.0701. The number of carbonyl (C=O) groups is 3. The summed E-state index contributed by atoms with van der Waals surface area (Å²) >= 11 is 6.34. The third-order valence-corrected chi connectivity index (χ3v) is 7.94. The number of benzene rings is 1. The van der Waals surface area contributed by atoms with Gasteiger partial charge in [-0.25, -0.2) is 9.36 Å². The summed E-state index contributed by atoms with van der Waals surface area (Å²) in [5.74, 6) is -11.7. The molecule has 1 aliphatic rings. The zero-order valence-electron chi connectivity index (χ0n) is 27.9. The first-order valence-electron chi connectivity index (χ1n) is 15.1. The van der Waals surface area contributed by atoms with E-state index in [1.54, 1.807) is 27.7 Å². The number of allylic oxidation sites excluding steroid dienone is 1. The van der Waals surface area contributed by atoms with Gasteiger partial charge in [-0.3, -0.25) is 19.3 Å². The second kappa shape index (κ2) is 13.9. The highest BCUT2D eigenvalue weighted by molar-refractivity contribution is 6.34. The number of aromatic nitrogens is 4. The first kappa shape index (κ1) is 39.8. The summed E-state index contributed by atoms with van der Waals surface area (Å²) in [5.41, 5.74) is -7.57. The number of carbonyl (C=O) groups excluding carboxylic acids is 3. The molecule has 0 saturated heterocycles. The molecule has 20 heteroatoms. The van der Waals surface area contributed by atoms with Crippen molar-refractivity contribution in [2.45, 2.75) is 70.0 Å². The van der Waals surface area contributed by atoms with Crippen LogP contribution < -0.4 is 0 Å². The third kappa shape index (κ3) is 7.91. The number of nitriles is 1. The fraction of sp³-hybridized carbons (Fsp3) is 0.438. The molecule has 1 amide bonds. The monoisotopic (exact) mass is 764 g/mol. The number of esters is 2. The minimum Gasteiger partial charge on any atom is -0.459 e. The second-order valence-electron chi connectivity index (χ2n) is 12.6. The Morgan fingerprint density at radius 3 is 2.23 bits per heavy atom. The lowest BCUT2D eigenvalue weighted by molar-refractivity contribution is -0.292. The lowest BCUT2D eigenvalue weighted by atomic mass is 10.0. The van der Waals surface area contributed by atoms with E-state index in [0.29, 0.717) is 4.68 Å². The number of amides is 1. The maximum Gasteiger partial charge on any atom is 0.459 e. The van der Waals surface area contributed by atoms with Gasteiger partial charge in [-0.1, -0.05) is 29.8 Å². The van der Waals surface area contributed by atoms with Crippen LogP contribution >= 0.6 is 11.6 Å². The zero-order valence-corrected chi connectivity index (χ0v) is 28.6. The van der Waals surface area contributed by atoms with Gasteiger partial charge in [0.25, 0.3) is 5.91 Å². The molecule has 1 fully saturated rings. The first-order valence-corrected chi connectivity index (χ1v) is 15.5. The third-order valence-electron chi connectivity index (χ3n) is 7.61. The van der Waals surface area contributed by atoms with E-state index in [1.165, 1.54) is 24.3 Å². The van der Waals surface area contributed by atoms with Crippen LogP contribution in [0.15, 0.2) is 42.7 Å². The van der Waals surface area contributed by atoms with Crippen molar-refractivity contribution in [2.75, 3.05) is 6.73 Å². The van der Waals surface area contributed by atoms with Gasteiger partial charge in [0.2, 0.25) is 0 Å². The lowest BCUT2D eigenvalue weighted by Gasteiger charge is -2.28. The normalized spacial score (nSPS) is 15.2. The zero-order chi connectivity index (χ0) is 39.2. The van der Waals surface area contributed by atoms with Crippen molar-refractivity contribution < 1.29 is 59.0 Å². The van der Waals surface area contributed by atoms with Crippen molar-refractivity contribution in [3.8, 4) is 23.0 Å². The van der Waals surface area contributed by atoms with E-state index in [0.717, 1.165) is 30.4 Å². The largest absolute Gasteiger partial charge is 0.459 e. The maximum absolute atomic E-state index is 14.2. The van der Waals surface area contributed by atoms with Crippen molar-refractivity contribution in [3.63, 3.8) is 0 Å². The van der Waals surface area contributed by atoms with Gasteiger partial charge in [-0.05, 0) is 58.2 Å². The molecule has 0 bridgehead atoms. The number of nitrogens with zero attached hydrogens (tertiary/aromatic N) is 6. The number of hydrogen-bond acceptors (Lipinski definition) is 8. The molecule has 1 aromatic carbocycles. The molecular formula is C32H29ClF8N6O5. The van der Waals surface area contributed by atoms with Crippen LogP contribution in [0.2, 0.25) is 5.02 Å². The Balaban J connectivity index is 1.69. The van der Waals surface area contributed by atoms with E-state index < -0.39 is 77.0 Å².